The number of nitrogens with one attached hydrogen (secondary N) is 1. The van der Waals surface area contributed by atoms with Crippen LogP contribution < -0.4 is 26.3 Å². The SMILES string of the molecule is COc1ccc(/C=C\C(=O)NCCCCN=C(N)N)cc1OC. The fraction of sp³-hybridized carbons (Fsp3) is 0.375. The Kier molecular flexibility index (Phi) is 8.06. The summed E-state index contributed by atoms with van der Waals surface area (Å²) >= 11 is 0. The summed E-state index contributed by atoms with van der Waals surface area (Å²) in [6.07, 6.45) is 4.83. The number of rotatable bonds is 9. The van der Waals surface area contributed by atoms with Gasteiger partial charge in [-0.05, 0) is 36.6 Å². The number of ether oxygens (including phenoxy) is 2. The average molecular weight is 320 g/mol. The molecule has 0 bridgehead atoms. The third kappa shape index (κ3) is 7.21. The molecule has 0 aliphatic rings. The number of carbonyl (C=O) groups is 1. The lowest BCUT2D eigenvalue weighted by Crippen LogP contribution is -2.24. The third-order valence-electron chi connectivity index (χ3n) is 3.01. The van der Waals surface area contributed by atoms with Crippen molar-refractivity contribution in [2.45, 2.75) is 12.8 Å². The Labute approximate surface area is 136 Å². The molecule has 7 heteroatoms. The summed E-state index contributed by atoms with van der Waals surface area (Å²) in [5.41, 5.74) is 11.3. The van der Waals surface area contributed by atoms with E-state index in [2.05, 4.69) is 10.3 Å². The molecule has 0 saturated carbocycles. The number of unbranched alkanes of at least 4 members (excludes halogenated alkanes) is 1. The van der Waals surface area contributed by atoms with E-state index in [1.54, 1.807) is 32.4 Å². The van der Waals surface area contributed by atoms with E-state index in [1.807, 2.05) is 6.07 Å². The third-order valence-corrected chi connectivity index (χ3v) is 3.01. The van der Waals surface area contributed by atoms with Crippen LogP contribution in [0.1, 0.15) is 18.4 Å². The molecule has 0 saturated heterocycles. The van der Waals surface area contributed by atoms with Gasteiger partial charge in [0.15, 0.2) is 17.5 Å². The Hall–Kier alpha value is -2.70. The largest absolute Gasteiger partial charge is 0.493 e. The number of nitrogens with zero attached hydrogens (tertiary/aromatic N) is 1. The highest BCUT2D eigenvalue weighted by Gasteiger charge is 2.03. The molecule has 0 aliphatic carbocycles. The van der Waals surface area contributed by atoms with E-state index in [4.69, 9.17) is 20.9 Å². The molecule has 0 atom stereocenters. The van der Waals surface area contributed by atoms with E-state index >= 15 is 0 Å². The van der Waals surface area contributed by atoms with E-state index in [-0.39, 0.29) is 11.9 Å². The van der Waals surface area contributed by atoms with Crippen molar-refractivity contribution in [3.63, 3.8) is 0 Å². The Balaban J connectivity index is 2.39. The lowest BCUT2D eigenvalue weighted by atomic mass is 10.2. The van der Waals surface area contributed by atoms with Gasteiger partial charge in [-0.1, -0.05) is 6.07 Å². The fourth-order valence-electron chi connectivity index (χ4n) is 1.84. The van der Waals surface area contributed by atoms with Gasteiger partial charge in [-0.3, -0.25) is 9.79 Å². The normalized spacial score (nSPS) is 10.3. The summed E-state index contributed by atoms with van der Waals surface area (Å²) in [6, 6.07) is 5.44. The predicted molar refractivity (Wildman–Crippen MR) is 91.5 cm³/mol. The maximum absolute atomic E-state index is 11.7. The van der Waals surface area contributed by atoms with E-state index in [0.29, 0.717) is 24.6 Å². The lowest BCUT2D eigenvalue weighted by Gasteiger charge is -2.07. The van der Waals surface area contributed by atoms with Crippen molar-refractivity contribution in [3.05, 3.63) is 29.8 Å². The molecule has 0 radical (unpaired) electrons. The van der Waals surface area contributed by atoms with Gasteiger partial charge in [0.2, 0.25) is 5.91 Å². The van der Waals surface area contributed by atoms with E-state index in [0.717, 1.165) is 18.4 Å². The summed E-state index contributed by atoms with van der Waals surface area (Å²) in [7, 11) is 3.15. The van der Waals surface area contributed by atoms with Gasteiger partial charge in [0.25, 0.3) is 0 Å². The summed E-state index contributed by atoms with van der Waals surface area (Å²) < 4.78 is 10.4. The number of guanidine groups is 1. The second kappa shape index (κ2) is 10.1. The molecule has 5 N–H and O–H groups in total. The summed E-state index contributed by atoms with van der Waals surface area (Å²) in [5.74, 6) is 1.21. The Morgan fingerprint density at radius 2 is 1.96 bits per heavy atom. The van der Waals surface area contributed by atoms with Gasteiger partial charge in [0, 0.05) is 19.2 Å². The first-order chi connectivity index (χ1) is 11.1. The lowest BCUT2D eigenvalue weighted by molar-refractivity contribution is -0.116. The molecule has 1 rings (SSSR count). The van der Waals surface area contributed by atoms with Crippen LogP contribution in [-0.2, 0) is 4.79 Å². The molecule has 23 heavy (non-hydrogen) atoms. The van der Waals surface area contributed by atoms with Crippen molar-refractivity contribution in [1.29, 1.82) is 0 Å². The molecule has 1 aromatic carbocycles. The molecule has 126 valence electrons. The molecule has 0 fully saturated rings. The highest BCUT2D eigenvalue weighted by Crippen LogP contribution is 2.27. The Bertz CT molecular complexity index is 566. The number of amides is 1. The molecule has 0 aromatic heterocycles. The van der Waals surface area contributed by atoms with Crippen LogP contribution in [0.15, 0.2) is 29.3 Å². The zero-order chi connectivity index (χ0) is 17.1. The molecule has 0 heterocycles. The van der Waals surface area contributed by atoms with Crippen molar-refractivity contribution < 1.29 is 14.3 Å². The highest BCUT2D eigenvalue weighted by atomic mass is 16.5. The van der Waals surface area contributed by atoms with Gasteiger partial charge < -0.3 is 26.3 Å². The zero-order valence-electron chi connectivity index (χ0n) is 13.5. The first kappa shape index (κ1) is 18.3. The number of benzene rings is 1. The summed E-state index contributed by atoms with van der Waals surface area (Å²) in [5, 5.41) is 2.80. The molecule has 1 aromatic rings. The molecule has 7 nitrogen and oxygen atoms in total. The van der Waals surface area contributed by atoms with Crippen LogP contribution in [0.4, 0.5) is 0 Å². The van der Waals surface area contributed by atoms with Gasteiger partial charge in [-0.25, -0.2) is 0 Å². The van der Waals surface area contributed by atoms with Crippen molar-refractivity contribution in [2.24, 2.45) is 16.5 Å². The van der Waals surface area contributed by atoms with Crippen LogP contribution >= 0.6 is 0 Å². The molecule has 0 unspecified atom stereocenters. The number of methoxy groups -OCH3 is 2. The molecule has 0 spiro atoms. The maximum Gasteiger partial charge on any atom is 0.243 e. The quantitative estimate of drug-likeness (QED) is 0.271. The molecule has 0 aliphatic heterocycles. The standard InChI is InChI=1S/C16H24N4O3/c1-22-13-7-5-12(11-14(13)23-2)6-8-15(21)19-9-3-4-10-20-16(17)18/h5-8,11H,3-4,9-10H2,1-2H3,(H,19,21)(H4,17,18,20)/b8-6-. The second-order valence-corrected chi connectivity index (χ2v) is 4.75. The number of carbonyl (C=O) groups excluding carboxylic acids is 1. The van der Waals surface area contributed by atoms with Crippen molar-refractivity contribution in [2.75, 3.05) is 27.3 Å². The van der Waals surface area contributed by atoms with Crippen LogP contribution in [0.2, 0.25) is 0 Å². The first-order valence-electron chi connectivity index (χ1n) is 7.30. The van der Waals surface area contributed by atoms with E-state index < -0.39 is 0 Å². The molecular formula is C16H24N4O3. The van der Waals surface area contributed by atoms with Crippen molar-refractivity contribution in [3.8, 4) is 11.5 Å². The smallest absolute Gasteiger partial charge is 0.243 e. The highest BCUT2D eigenvalue weighted by molar-refractivity contribution is 5.91. The molecular weight excluding hydrogens is 296 g/mol. The average Bonchev–Trinajstić information content (AvgIpc) is 2.55. The fourth-order valence-corrected chi connectivity index (χ4v) is 1.84. The van der Waals surface area contributed by atoms with Crippen LogP contribution in [-0.4, -0.2) is 39.2 Å². The van der Waals surface area contributed by atoms with Crippen molar-refractivity contribution in [1.82, 2.24) is 5.32 Å². The van der Waals surface area contributed by atoms with Crippen molar-refractivity contribution >= 4 is 17.9 Å². The number of nitrogens with two attached hydrogens (primary N) is 2. The number of hydrogen-bond acceptors (Lipinski definition) is 4. The first-order valence-corrected chi connectivity index (χ1v) is 7.30. The predicted octanol–water partition coefficient (Wildman–Crippen LogP) is 0.887. The minimum absolute atomic E-state index is 0.0897. The van der Waals surface area contributed by atoms with E-state index in [9.17, 15) is 4.79 Å². The maximum atomic E-state index is 11.7. The van der Waals surface area contributed by atoms with Gasteiger partial charge in [-0.2, -0.15) is 0 Å². The van der Waals surface area contributed by atoms with Gasteiger partial charge in [0.1, 0.15) is 0 Å². The van der Waals surface area contributed by atoms with Gasteiger partial charge in [-0.15, -0.1) is 0 Å². The Morgan fingerprint density at radius 1 is 1.22 bits per heavy atom. The van der Waals surface area contributed by atoms with Gasteiger partial charge in [0.05, 0.1) is 14.2 Å². The zero-order valence-corrected chi connectivity index (χ0v) is 13.5. The van der Waals surface area contributed by atoms with Crippen LogP contribution in [0.25, 0.3) is 6.08 Å². The van der Waals surface area contributed by atoms with Crippen LogP contribution in [0.3, 0.4) is 0 Å². The number of hydrogen-bond donors (Lipinski definition) is 3. The minimum atomic E-state index is -0.151. The summed E-state index contributed by atoms with van der Waals surface area (Å²) in [6.45, 7) is 1.15. The minimum Gasteiger partial charge on any atom is -0.493 e. The van der Waals surface area contributed by atoms with Crippen LogP contribution in [0.5, 0.6) is 11.5 Å². The molecule has 1 amide bonds. The monoisotopic (exact) mass is 320 g/mol. The van der Waals surface area contributed by atoms with Crippen LogP contribution in [0, 0.1) is 0 Å². The van der Waals surface area contributed by atoms with E-state index in [1.165, 1.54) is 6.08 Å². The topological polar surface area (TPSA) is 112 Å². The number of aliphatic imine (C=N–C) groups is 1. The summed E-state index contributed by atoms with van der Waals surface area (Å²) in [4.78, 5) is 15.6. The second-order valence-electron chi connectivity index (χ2n) is 4.75. The van der Waals surface area contributed by atoms with Gasteiger partial charge >= 0.3 is 0 Å². The Morgan fingerprint density at radius 3 is 2.61 bits per heavy atom.